The molecule has 4 unspecified atom stereocenters. The zero-order valence-electron chi connectivity index (χ0n) is 17.5. The predicted molar refractivity (Wildman–Crippen MR) is 116 cm³/mol. The molecule has 7 nitrogen and oxygen atoms in total. The van der Waals surface area contributed by atoms with Crippen molar-refractivity contribution < 1.29 is 13.0 Å². The Morgan fingerprint density at radius 2 is 1.97 bits per heavy atom. The van der Waals surface area contributed by atoms with Crippen LogP contribution in [0.4, 0.5) is 14.7 Å². The largest absolute Gasteiger partial charge is 0.351 e. The van der Waals surface area contributed by atoms with Gasteiger partial charge in [0.1, 0.15) is 5.65 Å². The van der Waals surface area contributed by atoms with Gasteiger partial charge in [0.05, 0.1) is 16.5 Å². The van der Waals surface area contributed by atoms with Crippen molar-refractivity contribution >= 4 is 28.0 Å². The standard InChI is InChI=1S/C21H27F2N5O2S/c1-31(30)27-6-4-15(5-7-27)25-21-24-11-14-10-16(18(22)23)20(29)28(19(14)26-21)17-9-12-2-3-13(17)8-12/h10-13,15,17-18H,2-9H2,1H3,(H,24,25,26). The zero-order chi connectivity index (χ0) is 21.7. The quantitative estimate of drug-likeness (QED) is 0.755. The van der Waals surface area contributed by atoms with Crippen LogP contribution in [-0.2, 0) is 11.0 Å². The van der Waals surface area contributed by atoms with E-state index in [1.54, 1.807) is 6.26 Å². The first-order valence-electron chi connectivity index (χ1n) is 11.0. The Morgan fingerprint density at radius 1 is 1.19 bits per heavy atom. The van der Waals surface area contributed by atoms with Gasteiger partial charge < -0.3 is 5.32 Å². The third-order valence-corrected chi connectivity index (χ3v) is 8.31. The van der Waals surface area contributed by atoms with Gasteiger partial charge in [-0.3, -0.25) is 9.36 Å². The van der Waals surface area contributed by atoms with E-state index in [0.717, 1.165) is 51.6 Å². The molecule has 0 aromatic carbocycles. The van der Waals surface area contributed by atoms with Gasteiger partial charge in [-0.15, -0.1) is 0 Å². The molecule has 2 aliphatic carbocycles. The van der Waals surface area contributed by atoms with Gasteiger partial charge in [0.2, 0.25) is 5.95 Å². The molecule has 0 amide bonds. The van der Waals surface area contributed by atoms with E-state index in [4.69, 9.17) is 0 Å². The smallest absolute Gasteiger partial charge is 0.269 e. The number of piperidine rings is 1. The molecule has 2 aromatic rings. The monoisotopic (exact) mass is 451 g/mol. The average Bonchev–Trinajstić information content (AvgIpc) is 3.37. The van der Waals surface area contributed by atoms with Crippen molar-refractivity contribution in [3.8, 4) is 0 Å². The number of pyridine rings is 1. The molecule has 0 spiro atoms. The van der Waals surface area contributed by atoms with E-state index in [-0.39, 0.29) is 12.1 Å². The first-order chi connectivity index (χ1) is 14.9. The summed E-state index contributed by atoms with van der Waals surface area (Å²) in [4.78, 5) is 22.0. The topological polar surface area (TPSA) is 80.1 Å². The lowest BCUT2D eigenvalue weighted by molar-refractivity contribution is 0.148. The average molecular weight is 452 g/mol. The molecule has 5 rings (SSSR count). The minimum absolute atomic E-state index is 0.0713. The lowest BCUT2D eigenvalue weighted by atomic mass is 9.94. The summed E-state index contributed by atoms with van der Waals surface area (Å²) in [6.45, 7) is 1.45. The van der Waals surface area contributed by atoms with E-state index < -0.39 is 28.5 Å². The van der Waals surface area contributed by atoms with Crippen LogP contribution in [0.25, 0.3) is 11.0 Å². The fourth-order valence-electron chi connectivity index (χ4n) is 5.64. The molecule has 1 saturated heterocycles. The van der Waals surface area contributed by atoms with Crippen LogP contribution in [0.2, 0.25) is 0 Å². The van der Waals surface area contributed by atoms with E-state index in [1.165, 1.54) is 16.8 Å². The maximum atomic E-state index is 13.6. The summed E-state index contributed by atoms with van der Waals surface area (Å²) in [5, 5.41) is 3.80. The van der Waals surface area contributed by atoms with Crippen LogP contribution in [0.15, 0.2) is 17.1 Å². The van der Waals surface area contributed by atoms with Crippen LogP contribution >= 0.6 is 0 Å². The Morgan fingerprint density at radius 3 is 2.58 bits per heavy atom. The number of nitrogens with one attached hydrogen (secondary N) is 1. The Bertz CT molecular complexity index is 1070. The highest BCUT2D eigenvalue weighted by Crippen LogP contribution is 2.50. The van der Waals surface area contributed by atoms with Crippen molar-refractivity contribution in [3.63, 3.8) is 0 Å². The molecule has 1 N–H and O–H groups in total. The number of aromatic nitrogens is 3. The molecule has 3 aliphatic rings. The second-order valence-electron chi connectivity index (χ2n) is 9.06. The van der Waals surface area contributed by atoms with Crippen molar-refractivity contribution in [2.45, 2.75) is 57.0 Å². The first-order valence-corrected chi connectivity index (χ1v) is 12.5. The van der Waals surface area contributed by atoms with E-state index in [2.05, 4.69) is 15.3 Å². The van der Waals surface area contributed by atoms with Gasteiger partial charge >= 0.3 is 0 Å². The fraction of sp³-hybridized carbons (Fsp3) is 0.667. The van der Waals surface area contributed by atoms with Crippen LogP contribution < -0.4 is 10.9 Å². The van der Waals surface area contributed by atoms with Crippen LogP contribution in [0, 0.1) is 11.8 Å². The molecule has 2 saturated carbocycles. The molecule has 3 fully saturated rings. The number of fused-ring (bicyclic) bond motifs is 3. The Hall–Kier alpha value is -1.94. The highest BCUT2D eigenvalue weighted by molar-refractivity contribution is 7.81. The fourth-order valence-corrected chi connectivity index (χ4v) is 6.37. The third-order valence-electron chi connectivity index (χ3n) is 7.22. The molecule has 10 heteroatoms. The minimum atomic E-state index is -2.83. The zero-order valence-corrected chi connectivity index (χ0v) is 18.3. The summed E-state index contributed by atoms with van der Waals surface area (Å²) < 4.78 is 42.3. The van der Waals surface area contributed by atoms with Crippen molar-refractivity contribution in [3.05, 3.63) is 28.2 Å². The molecule has 1 aliphatic heterocycles. The van der Waals surface area contributed by atoms with Crippen molar-refractivity contribution in [1.82, 2.24) is 18.8 Å². The summed E-state index contributed by atoms with van der Waals surface area (Å²) >= 11 is 0. The van der Waals surface area contributed by atoms with Crippen molar-refractivity contribution in [2.75, 3.05) is 24.7 Å². The summed E-state index contributed by atoms with van der Waals surface area (Å²) in [6.07, 6.45) is 6.12. The Balaban J connectivity index is 1.49. The summed E-state index contributed by atoms with van der Waals surface area (Å²) in [5.74, 6) is 1.33. The molecular formula is C21H27F2N5O2S. The van der Waals surface area contributed by atoms with Crippen LogP contribution in [0.5, 0.6) is 0 Å². The second kappa shape index (κ2) is 8.20. The van der Waals surface area contributed by atoms with Gasteiger partial charge in [-0.25, -0.2) is 22.3 Å². The number of nitrogens with zero attached hydrogens (tertiary/aromatic N) is 4. The van der Waals surface area contributed by atoms with Gasteiger partial charge in [-0.05, 0) is 50.0 Å². The molecule has 168 valence electrons. The minimum Gasteiger partial charge on any atom is -0.351 e. The van der Waals surface area contributed by atoms with Gasteiger partial charge in [0.25, 0.3) is 12.0 Å². The van der Waals surface area contributed by atoms with Crippen molar-refractivity contribution in [2.24, 2.45) is 11.8 Å². The molecule has 0 radical (unpaired) electrons. The van der Waals surface area contributed by atoms with Gasteiger partial charge in [-0.1, -0.05) is 6.42 Å². The predicted octanol–water partition coefficient (Wildman–Crippen LogP) is 3.26. The number of anilines is 1. The highest BCUT2D eigenvalue weighted by atomic mass is 32.2. The van der Waals surface area contributed by atoms with Gasteiger partial charge in [0, 0.05) is 43.0 Å². The second-order valence-corrected chi connectivity index (χ2v) is 10.4. The van der Waals surface area contributed by atoms with E-state index in [9.17, 15) is 17.8 Å². The van der Waals surface area contributed by atoms with Gasteiger partial charge in [0.15, 0.2) is 0 Å². The summed E-state index contributed by atoms with van der Waals surface area (Å²) in [6, 6.07) is 1.31. The normalized spacial score (nSPS) is 27.9. The number of rotatable bonds is 5. The first kappa shape index (κ1) is 20.9. The number of hydrogen-bond acceptors (Lipinski definition) is 5. The molecule has 4 atom stereocenters. The summed E-state index contributed by atoms with van der Waals surface area (Å²) in [5.41, 5.74) is -0.653. The van der Waals surface area contributed by atoms with Crippen LogP contribution in [0.3, 0.4) is 0 Å². The van der Waals surface area contributed by atoms with Gasteiger partial charge in [-0.2, -0.15) is 4.98 Å². The van der Waals surface area contributed by atoms with Crippen molar-refractivity contribution in [1.29, 1.82) is 0 Å². The van der Waals surface area contributed by atoms with E-state index >= 15 is 0 Å². The van der Waals surface area contributed by atoms with Crippen LogP contribution in [0.1, 0.15) is 56.6 Å². The number of alkyl halides is 2. The van der Waals surface area contributed by atoms with E-state index in [0.29, 0.717) is 28.8 Å². The lowest BCUT2D eigenvalue weighted by Crippen LogP contribution is -2.40. The summed E-state index contributed by atoms with van der Waals surface area (Å²) in [7, 11) is -0.972. The van der Waals surface area contributed by atoms with Crippen LogP contribution in [-0.4, -0.2) is 48.4 Å². The number of halogens is 2. The maximum absolute atomic E-state index is 13.6. The highest BCUT2D eigenvalue weighted by Gasteiger charge is 2.42. The van der Waals surface area contributed by atoms with E-state index in [1.807, 2.05) is 4.31 Å². The molecule has 2 aromatic heterocycles. The Labute approximate surface area is 181 Å². The molecule has 3 heterocycles. The maximum Gasteiger partial charge on any atom is 0.269 e. The Kier molecular flexibility index (Phi) is 5.54. The molecule has 2 bridgehead atoms. The third kappa shape index (κ3) is 3.88. The lowest BCUT2D eigenvalue weighted by Gasteiger charge is -2.30. The number of hydrogen-bond donors (Lipinski definition) is 1. The molecule has 31 heavy (non-hydrogen) atoms. The molecular weight excluding hydrogens is 424 g/mol. The SMILES string of the molecule is CS(=O)N1CCC(Nc2ncc3cc(C(F)F)c(=O)n(C4CC5CCC4C5)c3n2)CC1.